The first-order valence-electron chi connectivity index (χ1n) is 14.8. The second-order valence-electron chi connectivity index (χ2n) is 12.6. The number of alkyl carbamates (subject to hydrolysis) is 1. The lowest BCUT2D eigenvalue weighted by Crippen LogP contribution is -2.54. The predicted molar refractivity (Wildman–Crippen MR) is 162 cm³/mol. The number of esters is 2. The van der Waals surface area contributed by atoms with E-state index in [9.17, 15) is 19.2 Å². The Kier molecular flexibility index (Phi) is 10.1. The third-order valence-corrected chi connectivity index (χ3v) is 9.32. The molecule has 11 heteroatoms. The van der Waals surface area contributed by atoms with Crippen LogP contribution in [0.1, 0.15) is 43.6 Å². The zero-order chi connectivity index (χ0) is 30.4. The highest BCUT2D eigenvalue weighted by Crippen LogP contribution is 2.27. The average Bonchev–Trinajstić information content (AvgIpc) is 3.51. The summed E-state index contributed by atoms with van der Waals surface area (Å²) in [5, 5.41) is 3.60. The number of carbonyl (C=O) groups is 4. The van der Waals surface area contributed by atoms with Crippen LogP contribution in [0.5, 0.6) is 0 Å². The van der Waals surface area contributed by atoms with Crippen LogP contribution in [0, 0.1) is 5.92 Å². The van der Waals surface area contributed by atoms with Gasteiger partial charge in [-0.15, -0.1) is 0 Å². The highest BCUT2D eigenvalue weighted by atomic mass is 28.3. The van der Waals surface area contributed by atoms with Gasteiger partial charge in [0.15, 0.2) is 0 Å². The summed E-state index contributed by atoms with van der Waals surface area (Å²) in [6.07, 6.45) is 3.94. The molecule has 0 aliphatic carbocycles. The molecule has 2 aliphatic rings. The number of benzene rings is 1. The summed E-state index contributed by atoms with van der Waals surface area (Å²) in [5.74, 6) is -1.77. The number of nitrogens with one attached hydrogen (secondary N) is 1. The lowest BCUT2D eigenvalue weighted by molar-refractivity contribution is -0.153. The second kappa shape index (κ2) is 13.6. The molecule has 2 aliphatic heterocycles. The monoisotopic (exact) mass is 597 g/mol. The number of hydrogen-bond acceptors (Lipinski definition) is 7. The van der Waals surface area contributed by atoms with Crippen molar-refractivity contribution in [3.8, 4) is 0 Å². The number of para-hydroxylation sites is 1. The molecule has 2 aromatic rings. The van der Waals surface area contributed by atoms with Crippen LogP contribution >= 0.6 is 0 Å². The van der Waals surface area contributed by atoms with Gasteiger partial charge in [0.05, 0.1) is 19.8 Å². The van der Waals surface area contributed by atoms with Crippen molar-refractivity contribution in [3.63, 3.8) is 0 Å². The Balaban J connectivity index is 1.64. The van der Waals surface area contributed by atoms with E-state index >= 15 is 0 Å². The van der Waals surface area contributed by atoms with Crippen LogP contribution < -0.4 is 5.32 Å². The van der Waals surface area contributed by atoms with E-state index in [0.29, 0.717) is 25.1 Å². The maximum absolute atomic E-state index is 13.8. The van der Waals surface area contributed by atoms with Crippen LogP contribution in [0.25, 0.3) is 10.9 Å². The van der Waals surface area contributed by atoms with Gasteiger partial charge in [-0.2, -0.15) is 0 Å². The van der Waals surface area contributed by atoms with Gasteiger partial charge < -0.3 is 29.0 Å². The fourth-order valence-corrected chi connectivity index (χ4v) is 5.93. The summed E-state index contributed by atoms with van der Waals surface area (Å²) in [4.78, 5) is 54.7. The number of rotatable bonds is 5. The highest BCUT2D eigenvalue weighted by molar-refractivity contribution is 6.76. The lowest BCUT2D eigenvalue weighted by Gasteiger charge is -2.29. The molecule has 3 atom stereocenters. The molecule has 0 radical (unpaired) electrons. The fraction of sp³-hybridized carbons (Fsp3) is 0.548. The topological polar surface area (TPSA) is 116 Å². The summed E-state index contributed by atoms with van der Waals surface area (Å²) >= 11 is 0. The Morgan fingerprint density at radius 2 is 1.90 bits per heavy atom. The van der Waals surface area contributed by atoms with E-state index in [2.05, 4.69) is 25.0 Å². The summed E-state index contributed by atoms with van der Waals surface area (Å²) < 4.78 is 18.8. The van der Waals surface area contributed by atoms with Crippen LogP contribution in [0.2, 0.25) is 25.7 Å². The Hall–Kier alpha value is -3.60. The summed E-state index contributed by atoms with van der Waals surface area (Å²) in [7, 11) is -1.46. The van der Waals surface area contributed by atoms with Gasteiger partial charge in [-0.05, 0) is 36.9 Å². The van der Waals surface area contributed by atoms with E-state index in [1.807, 2.05) is 60.9 Å². The van der Waals surface area contributed by atoms with E-state index in [4.69, 9.17) is 14.2 Å². The van der Waals surface area contributed by atoms with Crippen LogP contribution in [0.4, 0.5) is 4.79 Å². The number of aromatic nitrogens is 1. The van der Waals surface area contributed by atoms with E-state index in [0.717, 1.165) is 16.9 Å². The first kappa shape index (κ1) is 31.3. The van der Waals surface area contributed by atoms with E-state index in [1.165, 1.54) is 4.90 Å². The Morgan fingerprint density at radius 1 is 1.14 bits per heavy atom. The molecule has 1 aromatic heterocycles. The van der Waals surface area contributed by atoms with Gasteiger partial charge >= 0.3 is 18.0 Å². The number of allylic oxidation sites excluding steroid dienone is 2. The highest BCUT2D eigenvalue weighted by Gasteiger charge is 2.45. The summed E-state index contributed by atoms with van der Waals surface area (Å²) in [6.45, 7) is 11.1. The normalized spacial score (nSPS) is 22.7. The van der Waals surface area contributed by atoms with Gasteiger partial charge in [-0.1, -0.05) is 63.8 Å². The van der Waals surface area contributed by atoms with Crippen molar-refractivity contribution in [1.29, 1.82) is 0 Å². The molecule has 1 N–H and O–H groups in total. The maximum atomic E-state index is 13.8. The molecule has 0 saturated carbocycles. The third-order valence-electron chi connectivity index (χ3n) is 7.62. The standard InChI is InChI=1S/C31H43N3O7Si/c1-21(2)27-28(35)34-20-23(19-26(34)29(36)39-16-17-42(3,4)5)41-30(37)25-18-22-12-8-9-13-24(22)33(25)14-10-6-7-11-15-40-31(38)32-27/h6,8-10,12-13,18,21,23,26-27H,7,11,14-17,19-20H2,1-5H3,(H,32,38)/t23-,26+,27+/m1/s1. The number of fused-ring (bicyclic) bond motifs is 5. The first-order valence-corrected chi connectivity index (χ1v) is 18.5. The van der Waals surface area contributed by atoms with Gasteiger partial charge in [0, 0.05) is 31.9 Å². The molecule has 3 heterocycles. The fourth-order valence-electron chi connectivity index (χ4n) is 5.22. The van der Waals surface area contributed by atoms with Gasteiger partial charge in [0.2, 0.25) is 5.91 Å². The molecule has 2 amide bonds. The minimum atomic E-state index is -1.46. The zero-order valence-electron chi connectivity index (χ0n) is 25.3. The number of amides is 2. The van der Waals surface area contributed by atoms with Crippen molar-refractivity contribution in [2.24, 2.45) is 5.92 Å². The third kappa shape index (κ3) is 7.81. The van der Waals surface area contributed by atoms with E-state index in [1.54, 1.807) is 0 Å². The number of ether oxygens (including phenoxy) is 3. The molecule has 228 valence electrons. The van der Waals surface area contributed by atoms with Crippen LogP contribution in [0.3, 0.4) is 0 Å². The smallest absolute Gasteiger partial charge is 0.407 e. The van der Waals surface area contributed by atoms with Crippen molar-refractivity contribution < 1.29 is 33.4 Å². The van der Waals surface area contributed by atoms with Crippen LogP contribution in [-0.2, 0) is 30.3 Å². The van der Waals surface area contributed by atoms with Crippen molar-refractivity contribution in [3.05, 3.63) is 48.2 Å². The van der Waals surface area contributed by atoms with E-state index in [-0.39, 0.29) is 32.1 Å². The summed E-state index contributed by atoms with van der Waals surface area (Å²) in [6, 6.07) is 8.46. The Bertz CT molecular complexity index is 1330. The molecule has 42 heavy (non-hydrogen) atoms. The molecule has 2 bridgehead atoms. The van der Waals surface area contributed by atoms with Crippen LogP contribution in [0.15, 0.2) is 42.5 Å². The minimum absolute atomic E-state index is 0.0123. The molecular formula is C31H43N3O7Si. The van der Waals surface area contributed by atoms with E-state index < -0.39 is 50.2 Å². The molecular weight excluding hydrogens is 554 g/mol. The Morgan fingerprint density at radius 3 is 2.64 bits per heavy atom. The quantitative estimate of drug-likeness (QED) is 0.229. The largest absolute Gasteiger partial charge is 0.464 e. The molecule has 1 fully saturated rings. The average molecular weight is 598 g/mol. The van der Waals surface area contributed by atoms with Gasteiger partial charge in [0.1, 0.15) is 23.9 Å². The SMILES string of the molecule is CC(C)[C@@H]1NC(=O)OCCCC=CCn2c(cc3ccccc32)C(=O)O[C@@H]2C[C@@H](C(=O)OCC[Si](C)(C)C)N(C2)C1=O. The molecule has 0 spiro atoms. The molecule has 10 nitrogen and oxygen atoms in total. The van der Waals surface area contributed by atoms with Gasteiger partial charge in [0.25, 0.3) is 0 Å². The predicted octanol–water partition coefficient (Wildman–Crippen LogP) is 4.75. The van der Waals surface area contributed by atoms with Gasteiger partial charge in [-0.3, -0.25) is 4.79 Å². The first-order chi connectivity index (χ1) is 19.9. The molecule has 1 saturated heterocycles. The summed E-state index contributed by atoms with van der Waals surface area (Å²) in [5.41, 5.74) is 1.30. The molecule has 1 aromatic carbocycles. The second-order valence-corrected chi connectivity index (χ2v) is 18.2. The van der Waals surface area contributed by atoms with Crippen molar-refractivity contribution in [2.45, 2.75) is 83.5 Å². The number of cyclic esters (lactones) is 1. The van der Waals surface area contributed by atoms with Crippen molar-refractivity contribution in [1.82, 2.24) is 14.8 Å². The number of hydrogen-bond donors (Lipinski definition) is 1. The molecule has 0 unspecified atom stereocenters. The number of carbonyl (C=O) groups excluding carboxylic acids is 4. The zero-order valence-corrected chi connectivity index (χ0v) is 26.3. The lowest BCUT2D eigenvalue weighted by atomic mass is 10.0. The van der Waals surface area contributed by atoms with Gasteiger partial charge in [-0.25, -0.2) is 14.4 Å². The van der Waals surface area contributed by atoms with Crippen LogP contribution in [-0.4, -0.2) is 79.4 Å². The minimum Gasteiger partial charge on any atom is -0.464 e. The Labute approximate surface area is 248 Å². The van der Waals surface area contributed by atoms with Crippen molar-refractivity contribution in [2.75, 3.05) is 19.8 Å². The maximum Gasteiger partial charge on any atom is 0.407 e. The van der Waals surface area contributed by atoms with Crippen molar-refractivity contribution >= 4 is 42.9 Å². The molecule has 4 rings (SSSR count). The number of nitrogens with zero attached hydrogens (tertiary/aromatic N) is 2.